The summed E-state index contributed by atoms with van der Waals surface area (Å²) >= 11 is 7.58. The van der Waals surface area contributed by atoms with Crippen molar-refractivity contribution in [3.05, 3.63) is 40.9 Å². The second-order valence-electron chi connectivity index (χ2n) is 3.67. The Kier molecular flexibility index (Phi) is 2.38. The molecule has 3 rings (SSSR count). The van der Waals surface area contributed by atoms with Gasteiger partial charge < -0.3 is 10.3 Å². The van der Waals surface area contributed by atoms with Crippen molar-refractivity contribution < 1.29 is 4.79 Å². The fourth-order valence-electron chi connectivity index (χ4n) is 1.87. The summed E-state index contributed by atoms with van der Waals surface area (Å²) in [5.74, 6) is 0.183. The van der Waals surface area contributed by atoms with Gasteiger partial charge in [0.25, 0.3) is 5.91 Å². The van der Waals surface area contributed by atoms with Crippen LogP contribution in [0.15, 0.2) is 29.4 Å². The van der Waals surface area contributed by atoms with Gasteiger partial charge >= 0.3 is 0 Å². The van der Waals surface area contributed by atoms with E-state index in [0.717, 1.165) is 16.3 Å². The van der Waals surface area contributed by atoms with E-state index in [1.54, 1.807) is 18.1 Å². The first-order valence-corrected chi connectivity index (χ1v) is 6.32. The molecular weight excluding hydrogens is 258 g/mol. The molecule has 1 aliphatic rings. The molecule has 1 aromatic heterocycles. The molecular formula is C11H8ClN3OS. The largest absolute Gasteiger partial charge is 0.364 e. The van der Waals surface area contributed by atoms with Crippen molar-refractivity contribution in [3.8, 4) is 5.69 Å². The van der Waals surface area contributed by atoms with Crippen molar-refractivity contribution in [1.82, 2.24) is 9.55 Å². The second kappa shape index (κ2) is 3.78. The number of imidazole rings is 1. The number of amides is 1. The van der Waals surface area contributed by atoms with E-state index in [1.807, 2.05) is 22.8 Å². The normalized spacial score (nSPS) is 13.0. The number of halogens is 1. The first-order chi connectivity index (χ1) is 8.16. The zero-order chi connectivity index (χ0) is 12.0. The van der Waals surface area contributed by atoms with Gasteiger partial charge in [-0.05, 0) is 18.2 Å². The molecule has 2 aromatic rings. The van der Waals surface area contributed by atoms with E-state index in [-0.39, 0.29) is 0 Å². The molecule has 4 nitrogen and oxygen atoms in total. The van der Waals surface area contributed by atoms with Crippen molar-refractivity contribution >= 4 is 29.3 Å². The number of primary amides is 1. The third kappa shape index (κ3) is 1.62. The average Bonchev–Trinajstić information content (AvgIpc) is 2.72. The van der Waals surface area contributed by atoms with E-state index in [2.05, 4.69) is 4.98 Å². The number of carbonyl (C=O) groups excluding carboxylic acids is 1. The van der Waals surface area contributed by atoms with Crippen molar-refractivity contribution in [2.45, 2.75) is 10.6 Å². The monoisotopic (exact) mass is 265 g/mol. The number of nitrogens with zero attached hydrogens (tertiary/aromatic N) is 2. The van der Waals surface area contributed by atoms with Crippen LogP contribution >= 0.6 is 23.4 Å². The number of rotatable bonds is 1. The van der Waals surface area contributed by atoms with Gasteiger partial charge in [0.1, 0.15) is 12.0 Å². The van der Waals surface area contributed by atoms with Crippen molar-refractivity contribution in [2.24, 2.45) is 5.73 Å². The van der Waals surface area contributed by atoms with Crippen LogP contribution in [0.2, 0.25) is 5.02 Å². The molecule has 1 aromatic carbocycles. The average molecular weight is 266 g/mol. The van der Waals surface area contributed by atoms with Crippen LogP contribution in [-0.2, 0) is 5.75 Å². The number of fused-ring (bicyclic) bond motifs is 3. The molecule has 0 aliphatic carbocycles. The Morgan fingerprint density at radius 1 is 1.53 bits per heavy atom. The molecule has 0 spiro atoms. The molecule has 2 heterocycles. The molecule has 17 heavy (non-hydrogen) atoms. The quantitative estimate of drug-likeness (QED) is 0.860. The third-order valence-electron chi connectivity index (χ3n) is 2.65. The van der Waals surface area contributed by atoms with Gasteiger partial charge in [0, 0.05) is 15.7 Å². The maximum atomic E-state index is 11.2. The van der Waals surface area contributed by atoms with E-state index in [9.17, 15) is 4.79 Å². The molecule has 0 atom stereocenters. The number of nitrogens with two attached hydrogens (primary N) is 1. The van der Waals surface area contributed by atoms with E-state index in [4.69, 9.17) is 17.3 Å². The maximum Gasteiger partial charge on any atom is 0.269 e. The van der Waals surface area contributed by atoms with Gasteiger partial charge in [0.05, 0.1) is 11.4 Å². The van der Waals surface area contributed by atoms with Gasteiger partial charge in [-0.1, -0.05) is 11.6 Å². The predicted molar refractivity (Wildman–Crippen MR) is 66.7 cm³/mol. The highest BCUT2D eigenvalue weighted by atomic mass is 35.5. The lowest BCUT2D eigenvalue weighted by Gasteiger charge is -2.18. The van der Waals surface area contributed by atoms with Gasteiger partial charge in [-0.2, -0.15) is 0 Å². The van der Waals surface area contributed by atoms with Crippen LogP contribution < -0.4 is 5.73 Å². The predicted octanol–water partition coefficient (Wildman–Crippen LogP) is 2.23. The molecule has 1 aliphatic heterocycles. The molecule has 2 N–H and O–H groups in total. The number of carbonyl (C=O) groups is 1. The highest BCUT2D eigenvalue weighted by Crippen LogP contribution is 2.37. The molecule has 0 unspecified atom stereocenters. The Morgan fingerprint density at radius 2 is 2.35 bits per heavy atom. The van der Waals surface area contributed by atoms with Crippen LogP contribution in [0.4, 0.5) is 0 Å². The van der Waals surface area contributed by atoms with Gasteiger partial charge in [0.2, 0.25) is 0 Å². The van der Waals surface area contributed by atoms with Crippen LogP contribution in [0, 0.1) is 0 Å². The van der Waals surface area contributed by atoms with Gasteiger partial charge in [-0.15, -0.1) is 11.8 Å². The molecule has 0 fully saturated rings. The number of hydrogen-bond acceptors (Lipinski definition) is 3. The maximum absolute atomic E-state index is 11.2. The molecule has 6 heteroatoms. The van der Waals surface area contributed by atoms with E-state index >= 15 is 0 Å². The van der Waals surface area contributed by atoms with Crippen molar-refractivity contribution in [3.63, 3.8) is 0 Å². The summed E-state index contributed by atoms with van der Waals surface area (Å²) in [5, 5.41) is 0.704. The lowest BCUT2D eigenvalue weighted by atomic mass is 10.2. The number of aromatic nitrogens is 2. The van der Waals surface area contributed by atoms with Crippen molar-refractivity contribution in [2.75, 3.05) is 0 Å². The highest BCUT2D eigenvalue weighted by molar-refractivity contribution is 7.98. The Morgan fingerprint density at radius 3 is 3.12 bits per heavy atom. The van der Waals surface area contributed by atoms with E-state index in [1.165, 1.54) is 0 Å². The van der Waals surface area contributed by atoms with Crippen molar-refractivity contribution in [1.29, 1.82) is 0 Å². The van der Waals surface area contributed by atoms with Gasteiger partial charge in [0.15, 0.2) is 0 Å². The van der Waals surface area contributed by atoms with Gasteiger partial charge in [-0.3, -0.25) is 4.79 Å². The fourth-order valence-corrected chi connectivity index (χ4v) is 3.20. The fraction of sp³-hybridized carbons (Fsp3) is 0.0909. The molecule has 0 radical (unpaired) electrons. The molecule has 1 amide bonds. The summed E-state index contributed by atoms with van der Waals surface area (Å²) in [7, 11) is 0. The lowest BCUT2D eigenvalue weighted by Crippen LogP contribution is -2.16. The summed E-state index contributed by atoms with van der Waals surface area (Å²) in [5.41, 5.74) is 7.46. The smallest absolute Gasteiger partial charge is 0.269 e. The summed E-state index contributed by atoms with van der Waals surface area (Å²) in [6.45, 7) is 0. The summed E-state index contributed by atoms with van der Waals surface area (Å²) < 4.78 is 1.89. The molecule has 86 valence electrons. The number of thioether (sulfide) groups is 1. The lowest BCUT2D eigenvalue weighted by molar-refractivity contribution is 0.0995. The second-order valence-corrected chi connectivity index (χ2v) is 5.13. The Labute approximate surface area is 107 Å². The third-order valence-corrected chi connectivity index (χ3v) is 3.94. The molecule has 0 saturated carbocycles. The highest BCUT2D eigenvalue weighted by Gasteiger charge is 2.22. The summed E-state index contributed by atoms with van der Waals surface area (Å²) in [4.78, 5) is 16.4. The first kappa shape index (κ1) is 10.7. The minimum Gasteiger partial charge on any atom is -0.364 e. The van der Waals surface area contributed by atoms with Crippen LogP contribution in [0.3, 0.4) is 0 Å². The SMILES string of the molecule is NC(=O)c1ncn2c1CSc1cc(Cl)ccc1-2. The first-order valence-electron chi connectivity index (χ1n) is 4.95. The summed E-state index contributed by atoms with van der Waals surface area (Å²) in [6.07, 6.45) is 1.63. The molecule has 0 saturated heterocycles. The number of hydrogen-bond donors (Lipinski definition) is 1. The Bertz CT molecular complexity index is 623. The van der Waals surface area contributed by atoms with E-state index < -0.39 is 5.91 Å². The van der Waals surface area contributed by atoms with E-state index in [0.29, 0.717) is 16.5 Å². The topological polar surface area (TPSA) is 60.9 Å². The summed E-state index contributed by atoms with van der Waals surface area (Å²) in [6, 6.07) is 5.65. The van der Waals surface area contributed by atoms with Crippen LogP contribution in [-0.4, -0.2) is 15.5 Å². The number of benzene rings is 1. The minimum atomic E-state index is -0.489. The van der Waals surface area contributed by atoms with Gasteiger partial charge in [-0.25, -0.2) is 4.98 Å². The zero-order valence-corrected chi connectivity index (χ0v) is 10.3. The Balaban J connectivity index is 2.21. The standard InChI is InChI=1S/C11H8ClN3OS/c12-6-1-2-7-9(3-6)17-4-8-10(11(13)16)14-5-15(7)8/h1-3,5H,4H2,(H2,13,16). The van der Waals surface area contributed by atoms with Crippen LogP contribution in [0.25, 0.3) is 5.69 Å². The zero-order valence-electron chi connectivity index (χ0n) is 8.68. The molecule has 0 bridgehead atoms. The minimum absolute atomic E-state index is 0.345. The van der Waals surface area contributed by atoms with Crippen LogP contribution in [0.5, 0.6) is 0 Å². The van der Waals surface area contributed by atoms with Crippen LogP contribution in [0.1, 0.15) is 16.2 Å². The Hall–Kier alpha value is -1.46.